The van der Waals surface area contributed by atoms with Crippen molar-refractivity contribution in [2.45, 2.75) is 105 Å². The lowest BCUT2D eigenvalue weighted by Crippen LogP contribution is -2.59. The fraction of sp³-hybridized carbons (Fsp3) is 0.281. The second-order valence-electron chi connectivity index (χ2n) is 22.2. The summed E-state index contributed by atoms with van der Waals surface area (Å²) < 4.78 is 5.28. The molecule has 0 radical (unpaired) electrons. The molecular weight excluding hydrogens is 737 g/mol. The van der Waals surface area contributed by atoms with Gasteiger partial charge >= 0.3 is 0 Å². The molecule has 11 rings (SSSR count). The first-order valence-corrected chi connectivity index (χ1v) is 22.2. The van der Waals surface area contributed by atoms with E-state index in [1.54, 1.807) is 0 Å². The minimum Gasteiger partial charge on any atom is -0.310 e. The quantitative estimate of drug-likeness (QED) is 0.160. The van der Waals surface area contributed by atoms with Gasteiger partial charge in [-0.05, 0) is 138 Å². The highest BCUT2D eigenvalue weighted by atomic mass is 15.0. The van der Waals surface area contributed by atoms with Crippen LogP contribution in [0.1, 0.15) is 105 Å². The van der Waals surface area contributed by atoms with E-state index in [-0.39, 0.29) is 28.4 Å². The highest BCUT2D eigenvalue weighted by molar-refractivity contribution is 7.00. The zero-order valence-corrected chi connectivity index (χ0v) is 38.0. The van der Waals surface area contributed by atoms with E-state index >= 15 is 0 Å². The molecule has 3 nitrogen and oxygen atoms in total. The minimum absolute atomic E-state index is 0.0199. The zero-order chi connectivity index (χ0) is 42.7. The van der Waals surface area contributed by atoms with Crippen LogP contribution in [-0.4, -0.2) is 20.8 Å². The lowest BCUT2D eigenvalue weighted by Gasteiger charge is -2.36. The molecule has 5 heterocycles. The molecule has 302 valence electrons. The molecule has 0 bridgehead atoms. The Bertz CT molecular complexity index is 3150. The third-order valence-electron chi connectivity index (χ3n) is 13.9. The predicted octanol–water partition coefficient (Wildman–Crippen LogP) is 12.9. The fourth-order valence-corrected chi connectivity index (χ4v) is 10.4. The summed E-state index contributed by atoms with van der Waals surface area (Å²) in [7, 11) is 0. The molecule has 3 aromatic heterocycles. The summed E-state index contributed by atoms with van der Waals surface area (Å²) >= 11 is 0. The monoisotopic (exact) mass is 793 g/mol. The summed E-state index contributed by atoms with van der Waals surface area (Å²) in [5, 5.41) is 5.36. The van der Waals surface area contributed by atoms with Crippen LogP contribution in [0.3, 0.4) is 0 Å². The number of hydrogen-bond acceptors (Lipinski definition) is 1. The third kappa shape index (κ3) is 5.60. The Labute approximate surface area is 361 Å². The fourth-order valence-electron chi connectivity index (χ4n) is 10.4. The molecule has 0 spiro atoms. The maximum atomic E-state index is 4.75. The molecule has 2 aliphatic rings. The molecule has 61 heavy (non-hydrogen) atoms. The van der Waals surface area contributed by atoms with Gasteiger partial charge in [0.1, 0.15) is 0 Å². The molecule has 0 aliphatic carbocycles. The summed E-state index contributed by atoms with van der Waals surface area (Å²) in [6, 6.07) is 44.9. The van der Waals surface area contributed by atoms with Crippen LogP contribution < -0.4 is 16.4 Å². The van der Waals surface area contributed by atoms with Gasteiger partial charge in [0.2, 0.25) is 0 Å². The van der Waals surface area contributed by atoms with Crippen molar-refractivity contribution in [2.24, 2.45) is 0 Å². The number of nitrogens with zero attached hydrogens (tertiary/aromatic N) is 3. The third-order valence-corrected chi connectivity index (χ3v) is 13.9. The van der Waals surface area contributed by atoms with Crippen molar-refractivity contribution in [3.05, 3.63) is 144 Å². The van der Waals surface area contributed by atoms with Gasteiger partial charge in [-0.15, -0.1) is 0 Å². The average molecular weight is 794 g/mol. The first kappa shape index (κ1) is 38.1. The van der Waals surface area contributed by atoms with Crippen LogP contribution >= 0.6 is 0 Å². The Morgan fingerprint density at radius 1 is 0.410 bits per heavy atom. The van der Waals surface area contributed by atoms with Crippen LogP contribution in [0.4, 0.5) is 0 Å². The largest absolute Gasteiger partial charge is 0.310 e. The van der Waals surface area contributed by atoms with E-state index in [1.807, 2.05) is 12.3 Å². The smallest absolute Gasteiger partial charge is 0.252 e. The SMILES string of the molecule is CC(C)(C)c1ccc2c(c1)c1cc(C(C)(C)C)cc3c1n2-c1cc(-c2cccc(-c4ccccn4)c2)cc2c1B3c1cc(C(C)(C)C)cc3c4cc(C(C)(C)C)ccc4n-2c13. The lowest BCUT2D eigenvalue weighted by molar-refractivity contribution is 0.590. The standard InChI is InChI=1S/C57H56BN3/c1-54(2,3)36-19-21-47-40(27-36)42-29-38(56(7,8)9)31-44-52(42)60(47)49-25-35(33-16-15-17-34(24-33)46-18-13-14-23-59-46)26-50-51(49)58(44)45-32-39(57(10,11)12)30-43-41-28-37(55(4,5)6)20-22-48(41)61(50)53(43)45/h13-32H,1-12H3. The highest BCUT2D eigenvalue weighted by Crippen LogP contribution is 2.44. The Hall–Kier alpha value is -5.87. The van der Waals surface area contributed by atoms with Crippen LogP contribution in [0.15, 0.2) is 121 Å². The van der Waals surface area contributed by atoms with Crippen LogP contribution in [0.2, 0.25) is 0 Å². The molecule has 6 aromatic carbocycles. The summed E-state index contributed by atoms with van der Waals surface area (Å²) in [5.41, 5.74) is 21.9. The highest BCUT2D eigenvalue weighted by Gasteiger charge is 2.43. The molecular formula is C57H56BN3. The van der Waals surface area contributed by atoms with Crippen molar-refractivity contribution >= 4 is 66.7 Å². The van der Waals surface area contributed by atoms with E-state index in [0.29, 0.717) is 0 Å². The van der Waals surface area contributed by atoms with Crippen molar-refractivity contribution < 1.29 is 0 Å². The van der Waals surface area contributed by atoms with Gasteiger partial charge in [-0.2, -0.15) is 0 Å². The van der Waals surface area contributed by atoms with E-state index in [9.17, 15) is 0 Å². The zero-order valence-electron chi connectivity index (χ0n) is 38.0. The normalized spacial score (nSPS) is 13.9. The molecule has 0 amide bonds. The summed E-state index contributed by atoms with van der Waals surface area (Å²) in [4.78, 5) is 4.75. The molecule has 0 fully saturated rings. The Balaban J connectivity index is 1.35. The molecule has 0 unspecified atom stereocenters. The molecule has 0 N–H and O–H groups in total. The van der Waals surface area contributed by atoms with Crippen molar-refractivity contribution in [1.82, 2.24) is 14.1 Å². The van der Waals surface area contributed by atoms with E-state index in [2.05, 4.69) is 201 Å². The average Bonchev–Trinajstić information content (AvgIpc) is 3.73. The topological polar surface area (TPSA) is 22.8 Å². The second-order valence-corrected chi connectivity index (χ2v) is 22.2. The van der Waals surface area contributed by atoms with Gasteiger partial charge in [0.25, 0.3) is 6.71 Å². The van der Waals surface area contributed by atoms with E-state index in [4.69, 9.17) is 4.98 Å². The lowest BCUT2D eigenvalue weighted by atomic mass is 9.34. The number of fused-ring (bicyclic) bond motifs is 10. The number of pyridine rings is 1. The Kier molecular flexibility index (Phi) is 7.73. The van der Waals surface area contributed by atoms with E-state index < -0.39 is 0 Å². The number of aromatic nitrogens is 3. The van der Waals surface area contributed by atoms with Crippen LogP contribution in [-0.2, 0) is 21.7 Å². The van der Waals surface area contributed by atoms with Gasteiger partial charge in [-0.3, -0.25) is 4.98 Å². The van der Waals surface area contributed by atoms with Crippen molar-refractivity contribution in [3.63, 3.8) is 0 Å². The van der Waals surface area contributed by atoms with Gasteiger partial charge in [0.15, 0.2) is 0 Å². The van der Waals surface area contributed by atoms with Gasteiger partial charge < -0.3 is 9.13 Å². The summed E-state index contributed by atoms with van der Waals surface area (Å²) in [6.07, 6.45) is 1.89. The first-order valence-electron chi connectivity index (χ1n) is 22.2. The minimum atomic E-state index is -0.0398. The number of benzene rings is 6. The van der Waals surface area contributed by atoms with Crippen LogP contribution in [0, 0.1) is 0 Å². The van der Waals surface area contributed by atoms with Gasteiger partial charge in [0.05, 0.1) is 16.7 Å². The summed E-state index contributed by atoms with van der Waals surface area (Å²) in [6.45, 7) is 28.3. The molecule has 0 atom stereocenters. The van der Waals surface area contributed by atoms with Crippen molar-refractivity contribution in [3.8, 4) is 33.8 Å². The first-order chi connectivity index (χ1) is 28.8. The van der Waals surface area contributed by atoms with Gasteiger partial charge in [-0.25, -0.2) is 0 Å². The molecule has 0 saturated carbocycles. The van der Waals surface area contributed by atoms with E-state index in [1.165, 1.54) is 105 Å². The van der Waals surface area contributed by atoms with E-state index in [0.717, 1.165) is 11.3 Å². The van der Waals surface area contributed by atoms with Crippen LogP contribution in [0.5, 0.6) is 0 Å². The van der Waals surface area contributed by atoms with Crippen molar-refractivity contribution in [2.75, 3.05) is 0 Å². The Morgan fingerprint density at radius 3 is 1.34 bits per heavy atom. The van der Waals surface area contributed by atoms with Gasteiger partial charge in [0, 0.05) is 55.7 Å². The number of rotatable bonds is 2. The van der Waals surface area contributed by atoms with Crippen LogP contribution in [0.25, 0.3) is 77.4 Å². The molecule has 9 aromatic rings. The molecule has 0 saturated heterocycles. The van der Waals surface area contributed by atoms with Gasteiger partial charge in [-0.1, -0.05) is 132 Å². The number of hydrogen-bond donors (Lipinski definition) is 0. The molecule has 2 aliphatic heterocycles. The summed E-state index contributed by atoms with van der Waals surface area (Å²) in [5.74, 6) is 0. The maximum absolute atomic E-state index is 4.75. The Morgan fingerprint density at radius 2 is 0.885 bits per heavy atom. The maximum Gasteiger partial charge on any atom is 0.252 e. The molecule has 4 heteroatoms. The van der Waals surface area contributed by atoms with Crippen molar-refractivity contribution in [1.29, 1.82) is 0 Å². The predicted molar refractivity (Wildman–Crippen MR) is 263 cm³/mol. The second kappa shape index (κ2) is 12.4.